The molecule has 0 aromatic heterocycles. The summed E-state index contributed by atoms with van der Waals surface area (Å²) in [4.78, 5) is 13.7. The minimum absolute atomic E-state index is 0.118. The lowest BCUT2D eigenvalue weighted by molar-refractivity contribution is -0.144. The van der Waals surface area contributed by atoms with Crippen LogP contribution in [-0.2, 0) is 4.79 Å². The number of carboxylic acid groups (broad SMARTS) is 1. The molecule has 0 saturated carbocycles. The molecule has 1 fully saturated rings. The first kappa shape index (κ1) is 19.1. The molecular formula is C20H21F2NO4. The summed E-state index contributed by atoms with van der Waals surface area (Å²) in [6.07, 6.45) is 1.08. The van der Waals surface area contributed by atoms with Gasteiger partial charge in [-0.05, 0) is 31.0 Å². The van der Waals surface area contributed by atoms with Gasteiger partial charge in [-0.3, -0.25) is 9.69 Å². The minimum atomic E-state index is -1.02. The highest BCUT2D eigenvalue weighted by Gasteiger charge is 2.33. The fraction of sp³-hybridized carbons (Fsp3) is 0.350. The van der Waals surface area contributed by atoms with Crippen LogP contribution in [0.4, 0.5) is 8.78 Å². The lowest BCUT2D eigenvalue weighted by Gasteiger charge is -2.36. The zero-order valence-electron chi connectivity index (χ0n) is 14.9. The molecule has 27 heavy (non-hydrogen) atoms. The Bertz CT molecular complexity index is 806. The highest BCUT2D eigenvalue weighted by Crippen LogP contribution is 2.33. The average Bonchev–Trinajstić information content (AvgIpc) is 2.64. The molecule has 7 heteroatoms. The number of piperidine rings is 1. The maximum atomic E-state index is 13.4. The van der Waals surface area contributed by atoms with E-state index < -0.39 is 17.8 Å². The molecule has 5 nitrogen and oxygen atoms in total. The summed E-state index contributed by atoms with van der Waals surface area (Å²) in [6, 6.07) is 8.88. The largest absolute Gasteiger partial charge is 0.496 e. The predicted octanol–water partition coefficient (Wildman–Crippen LogP) is 3.64. The Hall–Kier alpha value is -2.67. The molecule has 2 aromatic rings. The second-order valence-electron chi connectivity index (χ2n) is 6.44. The Morgan fingerprint density at radius 3 is 2.48 bits per heavy atom. The van der Waals surface area contributed by atoms with Gasteiger partial charge in [-0.1, -0.05) is 12.1 Å². The number of carboxylic acids is 1. The first-order valence-electron chi connectivity index (χ1n) is 8.70. The third-order valence-corrected chi connectivity index (χ3v) is 4.66. The smallest absolute Gasteiger partial charge is 0.325 e. The predicted molar refractivity (Wildman–Crippen MR) is 95.0 cm³/mol. The van der Waals surface area contributed by atoms with Crippen LogP contribution in [-0.4, -0.2) is 42.3 Å². The van der Waals surface area contributed by atoms with Crippen LogP contribution < -0.4 is 9.47 Å². The minimum Gasteiger partial charge on any atom is -0.496 e. The van der Waals surface area contributed by atoms with E-state index in [1.54, 1.807) is 12.1 Å². The van der Waals surface area contributed by atoms with E-state index in [-0.39, 0.29) is 17.7 Å². The molecule has 3 rings (SSSR count). The lowest BCUT2D eigenvalue weighted by Crippen LogP contribution is -2.43. The van der Waals surface area contributed by atoms with E-state index >= 15 is 0 Å². The summed E-state index contributed by atoms with van der Waals surface area (Å²) in [5.74, 6) is -1.20. The van der Waals surface area contributed by atoms with Gasteiger partial charge in [0.05, 0.1) is 7.11 Å². The molecule has 0 bridgehead atoms. The number of halogens is 2. The monoisotopic (exact) mass is 377 g/mol. The Morgan fingerprint density at radius 2 is 1.85 bits per heavy atom. The van der Waals surface area contributed by atoms with Gasteiger partial charge in [0, 0.05) is 30.8 Å². The highest BCUT2D eigenvalue weighted by atomic mass is 19.1. The second kappa shape index (κ2) is 8.35. The second-order valence-corrected chi connectivity index (χ2v) is 6.44. The summed E-state index contributed by atoms with van der Waals surface area (Å²) in [7, 11) is 1.39. The molecule has 144 valence electrons. The third kappa shape index (κ3) is 4.54. The average molecular weight is 377 g/mol. The summed E-state index contributed by atoms with van der Waals surface area (Å²) >= 11 is 0. The number of ether oxygens (including phenoxy) is 2. The fourth-order valence-corrected chi connectivity index (χ4v) is 3.38. The maximum absolute atomic E-state index is 13.4. The van der Waals surface area contributed by atoms with Crippen molar-refractivity contribution >= 4 is 5.97 Å². The SMILES string of the molecule is COc1cc(F)ccc1C(C(=O)O)N1CCC(Oc2cccc(F)c2)CC1. The Balaban J connectivity index is 1.70. The van der Waals surface area contributed by atoms with Crippen molar-refractivity contribution in [1.82, 2.24) is 4.90 Å². The standard InChI is InChI=1S/C20H21F2NO4/c1-26-18-12-14(22)5-6-17(18)19(20(24)25)23-9-7-15(8-10-23)27-16-4-2-3-13(21)11-16/h2-6,11-12,15,19H,7-10H2,1H3,(H,24,25). The van der Waals surface area contributed by atoms with Crippen LogP contribution in [0.1, 0.15) is 24.4 Å². The molecule has 0 spiro atoms. The number of nitrogens with zero attached hydrogens (tertiary/aromatic N) is 1. The van der Waals surface area contributed by atoms with Crippen LogP contribution in [0.2, 0.25) is 0 Å². The van der Waals surface area contributed by atoms with Crippen LogP contribution >= 0.6 is 0 Å². The van der Waals surface area contributed by atoms with E-state index in [0.29, 0.717) is 37.2 Å². The van der Waals surface area contributed by atoms with Gasteiger partial charge in [0.1, 0.15) is 35.3 Å². The number of rotatable bonds is 6. The van der Waals surface area contributed by atoms with Gasteiger partial charge in [0.25, 0.3) is 0 Å². The van der Waals surface area contributed by atoms with Gasteiger partial charge in [-0.15, -0.1) is 0 Å². The number of methoxy groups -OCH3 is 1. The van der Waals surface area contributed by atoms with Crippen LogP contribution in [0.5, 0.6) is 11.5 Å². The van der Waals surface area contributed by atoms with Crippen molar-refractivity contribution < 1.29 is 28.2 Å². The van der Waals surface area contributed by atoms with Gasteiger partial charge < -0.3 is 14.6 Å². The Labute approximate surface area is 156 Å². The quantitative estimate of drug-likeness (QED) is 0.833. The summed E-state index contributed by atoms with van der Waals surface area (Å²) in [5.41, 5.74) is 0.413. The van der Waals surface area contributed by atoms with Crippen LogP contribution in [0, 0.1) is 11.6 Å². The fourth-order valence-electron chi connectivity index (χ4n) is 3.38. The number of benzene rings is 2. The number of carbonyl (C=O) groups is 1. The molecule has 1 aliphatic rings. The summed E-state index contributed by atoms with van der Waals surface area (Å²) < 4.78 is 37.7. The van der Waals surface area contributed by atoms with Crippen molar-refractivity contribution in [3.8, 4) is 11.5 Å². The van der Waals surface area contributed by atoms with Crippen molar-refractivity contribution in [2.24, 2.45) is 0 Å². The van der Waals surface area contributed by atoms with Gasteiger partial charge in [-0.2, -0.15) is 0 Å². The first-order valence-corrected chi connectivity index (χ1v) is 8.70. The van der Waals surface area contributed by atoms with Crippen molar-refractivity contribution in [3.63, 3.8) is 0 Å². The van der Waals surface area contributed by atoms with E-state index in [0.717, 1.165) is 0 Å². The molecule has 1 saturated heterocycles. The summed E-state index contributed by atoms with van der Waals surface area (Å²) in [5, 5.41) is 9.74. The molecule has 0 aliphatic carbocycles. The van der Waals surface area contributed by atoms with Crippen molar-refractivity contribution in [2.75, 3.05) is 20.2 Å². The van der Waals surface area contributed by atoms with Crippen LogP contribution in [0.25, 0.3) is 0 Å². The van der Waals surface area contributed by atoms with Gasteiger partial charge in [0.15, 0.2) is 0 Å². The zero-order valence-corrected chi connectivity index (χ0v) is 14.9. The Morgan fingerprint density at radius 1 is 1.15 bits per heavy atom. The number of aliphatic carboxylic acids is 1. The van der Waals surface area contributed by atoms with E-state index in [4.69, 9.17) is 9.47 Å². The third-order valence-electron chi connectivity index (χ3n) is 4.66. The van der Waals surface area contributed by atoms with E-state index in [1.807, 2.05) is 4.90 Å². The molecule has 1 aliphatic heterocycles. The van der Waals surface area contributed by atoms with E-state index in [1.165, 1.54) is 37.4 Å². The van der Waals surface area contributed by atoms with Gasteiger partial charge >= 0.3 is 5.97 Å². The molecule has 0 amide bonds. The van der Waals surface area contributed by atoms with E-state index in [9.17, 15) is 18.7 Å². The Kier molecular flexibility index (Phi) is 5.91. The molecule has 0 radical (unpaired) electrons. The zero-order chi connectivity index (χ0) is 19.4. The lowest BCUT2D eigenvalue weighted by atomic mass is 9.99. The number of hydrogen-bond donors (Lipinski definition) is 1. The molecule has 1 N–H and O–H groups in total. The summed E-state index contributed by atoms with van der Waals surface area (Å²) in [6.45, 7) is 0.967. The van der Waals surface area contributed by atoms with Crippen molar-refractivity contribution in [2.45, 2.75) is 25.0 Å². The topological polar surface area (TPSA) is 59.0 Å². The van der Waals surface area contributed by atoms with Crippen LogP contribution in [0.15, 0.2) is 42.5 Å². The molecular weight excluding hydrogens is 356 g/mol. The van der Waals surface area contributed by atoms with Crippen molar-refractivity contribution in [1.29, 1.82) is 0 Å². The highest BCUT2D eigenvalue weighted by molar-refractivity contribution is 5.76. The van der Waals surface area contributed by atoms with Gasteiger partial charge in [0.2, 0.25) is 0 Å². The van der Waals surface area contributed by atoms with Crippen LogP contribution in [0.3, 0.4) is 0 Å². The normalized spacial score (nSPS) is 16.7. The van der Waals surface area contributed by atoms with Crippen molar-refractivity contribution in [3.05, 3.63) is 59.7 Å². The molecule has 1 unspecified atom stereocenters. The number of likely N-dealkylation sites (tertiary alicyclic amines) is 1. The van der Waals surface area contributed by atoms with Gasteiger partial charge in [-0.25, -0.2) is 8.78 Å². The molecule has 1 atom stereocenters. The first-order chi connectivity index (χ1) is 13.0. The molecule has 2 aromatic carbocycles. The van der Waals surface area contributed by atoms with E-state index in [2.05, 4.69) is 0 Å². The number of hydrogen-bond acceptors (Lipinski definition) is 4. The maximum Gasteiger partial charge on any atom is 0.325 e. The molecule has 1 heterocycles.